The maximum atomic E-state index is 13.5. The van der Waals surface area contributed by atoms with E-state index >= 15 is 0 Å². The molecule has 108 valence electrons. The van der Waals surface area contributed by atoms with Gasteiger partial charge < -0.3 is 5.32 Å². The largest absolute Gasteiger partial charge is 0.377 e. The predicted octanol–water partition coefficient (Wildman–Crippen LogP) is 5.32. The van der Waals surface area contributed by atoms with E-state index in [1.54, 1.807) is 6.92 Å². The number of nitrogens with zero attached hydrogens (tertiary/aromatic N) is 1. The van der Waals surface area contributed by atoms with Gasteiger partial charge in [0.15, 0.2) is 0 Å². The van der Waals surface area contributed by atoms with Crippen LogP contribution >= 0.6 is 23.2 Å². The summed E-state index contributed by atoms with van der Waals surface area (Å²) in [6, 6.07) is 7.80. The van der Waals surface area contributed by atoms with Crippen LogP contribution in [0.2, 0.25) is 10.0 Å². The molecule has 2 aromatic rings. The number of benzene rings is 2. The highest BCUT2D eigenvalue weighted by atomic mass is 35.5. The lowest BCUT2D eigenvalue weighted by Crippen LogP contribution is -2.10. The van der Waals surface area contributed by atoms with Crippen molar-refractivity contribution in [3.8, 4) is 6.07 Å². The van der Waals surface area contributed by atoms with Crippen molar-refractivity contribution < 1.29 is 8.78 Å². The minimum Gasteiger partial charge on any atom is -0.377 e. The zero-order valence-electron chi connectivity index (χ0n) is 10.9. The number of nitrogens with one attached hydrogen (secondary N) is 1. The van der Waals surface area contributed by atoms with Crippen LogP contribution in [-0.4, -0.2) is 0 Å². The lowest BCUT2D eigenvalue weighted by molar-refractivity contribution is 0.624. The first-order valence-electron chi connectivity index (χ1n) is 6.03. The zero-order chi connectivity index (χ0) is 15.6. The van der Waals surface area contributed by atoms with Gasteiger partial charge in [-0.3, -0.25) is 0 Å². The van der Waals surface area contributed by atoms with Gasteiger partial charge in [-0.25, -0.2) is 8.78 Å². The van der Waals surface area contributed by atoms with Crippen LogP contribution in [0.1, 0.15) is 24.1 Å². The molecule has 0 heterocycles. The fraction of sp³-hybridized carbons (Fsp3) is 0.133. The second kappa shape index (κ2) is 6.30. The summed E-state index contributed by atoms with van der Waals surface area (Å²) >= 11 is 12.0. The summed E-state index contributed by atoms with van der Waals surface area (Å²) in [4.78, 5) is 0. The molecule has 21 heavy (non-hydrogen) atoms. The molecule has 2 rings (SSSR count). The van der Waals surface area contributed by atoms with Crippen molar-refractivity contribution >= 4 is 28.9 Å². The van der Waals surface area contributed by atoms with Crippen molar-refractivity contribution in [2.24, 2.45) is 0 Å². The van der Waals surface area contributed by atoms with Gasteiger partial charge in [-0.05, 0) is 37.3 Å². The van der Waals surface area contributed by atoms with Crippen molar-refractivity contribution in [1.82, 2.24) is 0 Å². The minimum atomic E-state index is -0.579. The maximum absolute atomic E-state index is 13.5. The van der Waals surface area contributed by atoms with Gasteiger partial charge in [0.1, 0.15) is 17.7 Å². The number of anilines is 1. The number of hydrogen-bond acceptors (Lipinski definition) is 2. The predicted molar refractivity (Wildman–Crippen MR) is 79.6 cm³/mol. The highest BCUT2D eigenvalue weighted by Crippen LogP contribution is 2.34. The molecule has 0 saturated heterocycles. The average molecular weight is 327 g/mol. The molecule has 0 amide bonds. The fourth-order valence-corrected chi connectivity index (χ4v) is 2.68. The maximum Gasteiger partial charge on any atom is 0.142 e. The Morgan fingerprint density at radius 1 is 1.19 bits per heavy atom. The van der Waals surface area contributed by atoms with E-state index < -0.39 is 17.7 Å². The van der Waals surface area contributed by atoms with E-state index in [1.165, 1.54) is 24.3 Å². The molecule has 0 saturated carbocycles. The smallest absolute Gasteiger partial charge is 0.142 e. The topological polar surface area (TPSA) is 35.8 Å². The van der Waals surface area contributed by atoms with E-state index in [1.807, 2.05) is 6.07 Å². The molecule has 1 unspecified atom stereocenters. The Morgan fingerprint density at radius 2 is 1.90 bits per heavy atom. The van der Waals surface area contributed by atoms with E-state index in [0.29, 0.717) is 16.3 Å². The van der Waals surface area contributed by atoms with Gasteiger partial charge in [-0.15, -0.1) is 0 Å². The van der Waals surface area contributed by atoms with Crippen molar-refractivity contribution in [3.63, 3.8) is 0 Å². The molecule has 0 bridgehead atoms. The molecule has 0 radical (unpaired) electrons. The van der Waals surface area contributed by atoms with Crippen LogP contribution in [0.5, 0.6) is 0 Å². The lowest BCUT2D eigenvalue weighted by Gasteiger charge is -2.19. The van der Waals surface area contributed by atoms with Crippen LogP contribution in [-0.2, 0) is 0 Å². The summed E-state index contributed by atoms with van der Waals surface area (Å²) in [6.45, 7) is 1.72. The SMILES string of the molecule is CC(Nc1ccc(F)cc1C#N)c1c(Cl)ccc(F)c1Cl. The van der Waals surface area contributed by atoms with E-state index in [0.717, 1.165) is 6.07 Å². The number of halogens is 4. The molecule has 0 aliphatic heterocycles. The van der Waals surface area contributed by atoms with Gasteiger partial charge in [-0.1, -0.05) is 23.2 Å². The van der Waals surface area contributed by atoms with Crippen LogP contribution in [0.3, 0.4) is 0 Å². The first kappa shape index (κ1) is 15.6. The van der Waals surface area contributed by atoms with Gasteiger partial charge in [0.05, 0.1) is 22.3 Å². The Kier molecular flexibility index (Phi) is 4.66. The zero-order valence-corrected chi connectivity index (χ0v) is 12.4. The van der Waals surface area contributed by atoms with E-state index in [-0.39, 0.29) is 10.6 Å². The molecule has 1 N–H and O–H groups in total. The molecule has 0 aromatic heterocycles. The standard InChI is InChI=1S/C15H10Cl2F2N2/c1-8(14-11(16)3-4-12(19)15(14)17)21-13-5-2-10(18)6-9(13)7-20/h2-6,8,21H,1H3. The Hall–Kier alpha value is -1.83. The van der Waals surface area contributed by atoms with Crippen LogP contribution in [0.25, 0.3) is 0 Å². The third-order valence-electron chi connectivity index (χ3n) is 2.99. The molecule has 0 fully saturated rings. The van der Waals surface area contributed by atoms with Crippen LogP contribution < -0.4 is 5.32 Å². The summed E-state index contributed by atoms with van der Waals surface area (Å²) in [5, 5.41) is 12.2. The first-order valence-corrected chi connectivity index (χ1v) is 6.79. The monoisotopic (exact) mass is 326 g/mol. The Labute approximate surface area is 130 Å². The van der Waals surface area contributed by atoms with Gasteiger partial charge in [-0.2, -0.15) is 5.26 Å². The number of nitriles is 1. The van der Waals surface area contributed by atoms with E-state index in [4.69, 9.17) is 28.5 Å². The Balaban J connectivity index is 2.38. The molecule has 0 aliphatic carbocycles. The van der Waals surface area contributed by atoms with Crippen molar-refractivity contribution in [3.05, 3.63) is 63.1 Å². The molecule has 1 atom stereocenters. The van der Waals surface area contributed by atoms with E-state index in [2.05, 4.69) is 5.32 Å². The van der Waals surface area contributed by atoms with Crippen LogP contribution in [0, 0.1) is 23.0 Å². The molecule has 0 aliphatic rings. The second-order valence-electron chi connectivity index (χ2n) is 4.42. The molecule has 0 spiro atoms. The van der Waals surface area contributed by atoms with Gasteiger partial charge in [0.25, 0.3) is 0 Å². The quantitative estimate of drug-likeness (QED) is 0.775. The molecule has 6 heteroatoms. The highest BCUT2D eigenvalue weighted by Gasteiger charge is 2.18. The third kappa shape index (κ3) is 3.26. The number of hydrogen-bond donors (Lipinski definition) is 1. The Bertz CT molecular complexity index is 726. The van der Waals surface area contributed by atoms with Crippen LogP contribution in [0.4, 0.5) is 14.5 Å². The Morgan fingerprint density at radius 3 is 2.57 bits per heavy atom. The van der Waals surface area contributed by atoms with Crippen molar-refractivity contribution in [1.29, 1.82) is 5.26 Å². The summed E-state index contributed by atoms with van der Waals surface area (Å²) < 4.78 is 26.6. The van der Waals surface area contributed by atoms with Gasteiger partial charge in [0, 0.05) is 10.6 Å². The first-order chi connectivity index (χ1) is 9.93. The molecular formula is C15H10Cl2F2N2. The summed E-state index contributed by atoms with van der Waals surface area (Å²) in [5.74, 6) is -1.09. The second-order valence-corrected chi connectivity index (χ2v) is 5.21. The van der Waals surface area contributed by atoms with Gasteiger partial charge >= 0.3 is 0 Å². The van der Waals surface area contributed by atoms with Gasteiger partial charge in [0.2, 0.25) is 0 Å². The molecule has 2 nitrogen and oxygen atoms in total. The highest BCUT2D eigenvalue weighted by molar-refractivity contribution is 6.36. The lowest BCUT2D eigenvalue weighted by atomic mass is 10.1. The molecule has 2 aromatic carbocycles. The minimum absolute atomic E-state index is 0.0804. The molecular weight excluding hydrogens is 317 g/mol. The van der Waals surface area contributed by atoms with E-state index in [9.17, 15) is 8.78 Å². The number of rotatable bonds is 3. The summed E-state index contributed by atoms with van der Waals surface area (Å²) in [7, 11) is 0. The summed E-state index contributed by atoms with van der Waals surface area (Å²) in [5.41, 5.74) is 0.944. The van der Waals surface area contributed by atoms with Crippen LogP contribution in [0.15, 0.2) is 30.3 Å². The van der Waals surface area contributed by atoms with Crippen molar-refractivity contribution in [2.75, 3.05) is 5.32 Å². The average Bonchev–Trinajstić information content (AvgIpc) is 2.45. The van der Waals surface area contributed by atoms with Crippen molar-refractivity contribution in [2.45, 2.75) is 13.0 Å². The normalized spacial score (nSPS) is 11.8. The summed E-state index contributed by atoms with van der Waals surface area (Å²) in [6.07, 6.45) is 0. The third-order valence-corrected chi connectivity index (χ3v) is 3.70. The fourth-order valence-electron chi connectivity index (χ4n) is 1.98.